The van der Waals surface area contributed by atoms with Crippen LogP contribution in [-0.2, 0) is 14.4 Å². The van der Waals surface area contributed by atoms with E-state index in [1.807, 2.05) is 13.8 Å². The number of amides is 3. The molecule has 0 unspecified atom stereocenters. The summed E-state index contributed by atoms with van der Waals surface area (Å²) in [7, 11) is 1.44. The summed E-state index contributed by atoms with van der Waals surface area (Å²) in [4.78, 5) is 46.1. The molecule has 1 aliphatic heterocycles. The van der Waals surface area contributed by atoms with E-state index in [1.54, 1.807) is 54.6 Å². The zero-order valence-corrected chi connectivity index (χ0v) is 25.1. The van der Waals surface area contributed by atoms with Crippen LogP contribution in [0.15, 0.2) is 59.6 Å². The van der Waals surface area contributed by atoms with Crippen molar-refractivity contribution in [2.45, 2.75) is 58.0 Å². The summed E-state index contributed by atoms with van der Waals surface area (Å²) in [5.41, 5.74) is 1.88. The van der Waals surface area contributed by atoms with E-state index in [2.05, 4.69) is 20.9 Å². The molecule has 3 amide bonds. The quantitative estimate of drug-likeness (QED) is 0.159. The third-order valence-electron chi connectivity index (χ3n) is 7.25. The minimum absolute atomic E-state index is 0.165. The largest absolute Gasteiger partial charge is 0.389 e. The molecule has 2 aromatic rings. The van der Waals surface area contributed by atoms with Gasteiger partial charge < -0.3 is 15.5 Å². The van der Waals surface area contributed by atoms with E-state index in [9.17, 15) is 40.7 Å². The predicted octanol–water partition coefficient (Wildman–Crippen LogP) is 5.18. The average Bonchev–Trinajstić information content (AvgIpc) is 3.06. The number of hydrogen-bond acceptors (Lipinski definition) is 5. The van der Waals surface area contributed by atoms with Crippen molar-refractivity contribution in [3.63, 3.8) is 0 Å². The highest BCUT2D eigenvalue weighted by atomic mass is 19.4. The molecule has 3 N–H and O–H groups in total. The molecule has 246 valence electrons. The molecule has 1 aliphatic rings. The molecule has 0 radical (unpaired) electrons. The Balaban J connectivity index is 1.99. The Kier molecular flexibility index (Phi) is 12.1. The van der Waals surface area contributed by atoms with Crippen molar-refractivity contribution in [2.75, 3.05) is 25.2 Å². The summed E-state index contributed by atoms with van der Waals surface area (Å²) in [5, 5.41) is 7.64. The van der Waals surface area contributed by atoms with Gasteiger partial charge in [0.05, 0.1) is 18.1 Å². The Hall–Kier alpha value is -3.94. The van der Waals surface area contributed by atoms with Gasteiger partial charge in [-0.05, 0) is 31.4 Å². The Morgan fingerprint density at radius 2 is 1.42 bits per heavy atom. The molecule has 2 aromatic carbocycles. The van der Waals surface area contributed by atoms with Gasteiger partial charge in [-0.1, -0.05) is 62.4 Å². The van der Waals surface area contributed by atoms with Gasteiger partial charge in [0, 0.05) is 42.9 Å². The standard InChI is InChI=1S/C31H37F6N5O3/c1-19(2)17-38-18-39-27(43)21(13-15-30(32,33)34)22(14-16-31(35,36)37)28(44)41-26-29(45)42(3)24-12-8-7-11-23(24)25(40-26)20-9-5-4-6-10-20/h4-12,19,21-22,26,38H,13-18H2,1-3H3,(H,39,43)(H,41,44)/t21-,22+,26-/m1/s1. The second kappa shape index (κ2) is 15.4. The fourth-order valence-electron chi connectivity index (χ4n) is 4.99. The number of nitrogens with zero attached hydrogens (tertiary/aromatic N) is 2. The summed E-state index contributed by atoms with van der Waals surface area (Å²) >= 11 is 0. The number of nitrogens with one attached hydrogen (secondary N) is 3. The zero-order chi connectivity index (χ0) is 33.4. The molecule has 14 heteroatoms. The number of carbonyl (C=O) groups excluding carboxylic acids is 3. The van der Waals surface area contributed by atoms with E-state index >= 15 is 0 Å². The topological polar surface area (TPSA) is 103 Å². The highest BCUT2D eigenvalue weighted by Crippen LogP contribution is 2.33. The monoisotopic (exact) mass is 641 g/mol. The van der Waals surface area contributed by atoms with E-state index in [-0.39, 0.29) is 12.6 Å². The molecule has 45 heavy (non-hydrogen) atoms. The van der Waals surface area contributed by atoms with Crippen molar-refractivity contribution in [3.8, 4) is 0 Å². The summed E-state index contributed by atoms with van der Waals surface area (Å²) < 4.78 is 79.9. The van der Waals surface area contributed by atoms with E-state index < -0.39 is 73.8 Å². The van der Waals surface area contributed by atoms with E-state index in [0.717, 1.165) is 0 Å². The van der Waals surface area contributed by atoms with E-state index in [0.29, 0.717) is 29.1 Å². The Bertz CT molecular complexity index is 1350. The SMILES string of the molecule is CC(C)CNCNC(=O)[C@H](CCC(F)(F)F)[C@H](CCC(F)(F)F)C(=O)N[C@H]1N=C(c2ccccc2)c2ccccc2N(C)C1=O. The maximum atomic E-state index is 13.7. The average molecular weight is 642 g/mol. The minimum Gasteiger partial charge on any atom is -0.343 e. The number of hydrogen-bond donors (Lipinski definition) is 3. The molecule has 0 bridgehead atoms. The van der Waals surface area contributed by atoms with Crippen LogP contribution in [0, 0.1) is 17.8 Å². The van der Waals surface area contributed by atoms with Crippen LogP contribution in [0.4, 0.5) is 32.0 Å². The van der Waals surface area contributed by atoms with Crippen LogP contribution in [0.1, 0.15) is 50.7 Å². The Labute approximate surface area is 257 Å². The summed E-state index contributed by atoms with van der Waals surface area (Å²) in [6.45, 7) is 4.05. The van der Waals surface area contributed by atoms with Crippen molar-refractivity contribution in [3.05, 3.63) is 65.7 Å². The Morgan fingerprint density at radius 3 is 2.00 bits per heavy atom. The molecule has 0 aliphatic carbocycles. The van der Waals surface area contributed by atoms with Crippen LogP contribution in [-0.4, -0.2) is 62.2 Å². The molecule has 0 fully saturated rings. The summed E-state index contributed by atoms with van der Waals surface area (Å²) in [6.07, 6.45) is -16.1. The van der Waals surface area contributed by atoms with Crippen LogP contribution < -0.4 is 20.9 Å². The van der Waals surface area contributed by atoms with Gasteiger partial charge in [-0.3, -0.25) is 19.7 Å². The third kappa shape index (κ3) is 10.6. The molecule has 0 saturated heterocycles. The van der Waals surface area contributed by atoms with Crippen LogP contribution in [0.3, 0.4) is 0 Å². The van der Waals surface area contributed by atoms with Gasteiger partial charge in [-0.25, -0.2) is 4.99 Å². The third-order valence-corrected chi connectivity index (χ3v) is 7.25. The zero-order valence-electron chi connectivity index (χ0n) is 25.1. The number of benzodiazepines with no additional fused rings is 1. The highest BCUT2D eigenvalue weighted by Gasteiger charge is 2.41. The number of benzene rings is 2. The summed E-state index contributed by atoms with van der Waals surface area (Å²) in [5.74, 6) is -6.38. The van der Waals surface area contributed by atoms with Crippen molar-refractivity contribution >= 4 is 29.1 Å². The highest BCUT2D eigenvalue weighted by molar-refractivity contribution is 6.20. The molecular weight excluding hydrogens is 604 g/mol. The van der Waals surface area contributed by atoms with Gasteiger partial charge in [-0.15, -0.1) is 0 Å². The van der Waals surface area contributed by atoms with Crippen LogP contribution in [0.5, 0.6) is 0 Å². The van der Waals surface area contributed by atoms with Gasteiger partial charge in [-0.2, -0.15) is 26.3 Å². The van der Waals surface area contributed by atoms with Gasteiger partial charge >= 0.3 is 12.4 Å². The fraction of sp³-hybridized carbons (Fsp3) is 0.484. The van der Waals surface area contributed by atoms with Crippen molar-refractivity contribution < 1.29 is 40.7 Å². The normalized spacial score (nSPS) is 16.8. The molecule has 0 spiro atoms. The molecule has 1 heterocycles. The first-order chi connectivity index (χ1) is 21.1. The first kappa shape index (κ1) is 35.5. The lowest BCUT2D eigenvalue weighted by Gasteiger charge is -2.28. The maximum absolute atomic E-state index is 13.7. The van der Waals surface area contributed by atoms with Gasteiger partial charge in [0.25, 0.3) is 5.91 Å². The maximum Gasteiger partial charge on any atom is 0.389 e. The van der Waals surface area contributed by atoms with Crippen LogP contribution >= 0.6 is 0 Å². The smallest absolute Gasteiger partial charge is 0.343 e. The molecule has 8 nitrogen and oxygen atoms in total. The van der Waals surface area contributed by atoms with E-state index in [1.165, 1.54) is 11.9 Å². The Morgan fingerprint density at radius 1 is 0.867 bits per heavy atom. The van der Waals surface area contributed by atoms with Crippen LogP contribution in [0.25, 0.3) is 0 Å². The van der Waals surface area contributed by atoms with Crippen LogP contribution in [0.2, 0.25) is 0 Å². The summed E-state index contributed by atoms with van der Waals surface area (Å²) in [6, 6.07) is 15.5. The number of alkyl halides is 6. The number of likely N-dealkylation sites (N-methyl/N-ethyl adjacent to an activating group) is 1. The molecule has 0 saturated carbocycles. The molecule has 3 rings (SSSR count). The predicted molar refractivity (Wildman–Crippen MR) is 157 cm³/mol. The number of para-hydroxylation sites is 1. The first-order valence-electron chi connectivity index (χ1n) is 14.5. The van der Waals surface area contributed by atoms with E-state index in [4.69, 9.17) is 0 Å². The fourth-order valence-corrected chi connectivity index (χ4v) is 4.99. The lowest BCUT2D eigenvalue weighted by Crippen LogP contribution is -2.51. The molecule has 3 atom stereocenters. The number of anilines is 1. The van der Waals surface area contributed by atoms with Gasteiger partial charge in [0.15, 0.2) is 0 Å². The second-order valence-electron chi connectivity index (χ2n) is 11.3. The number of aliphatic imine (C=N–C) groups is 1. The number of halogens is 6. The van der Waals surface area contributed by atoms with Gasteiger partial charge in [0.2, 0.25) is 18.0 Å². The number of fused-ring (bicyclic) bond motifs is 1. The van der Waals surface area contributed by atoms with Crippen molar-refractivity contribution in [1.82, 2.24) is 16.0 Å². The number of carbonyl (C=O) groups is 3. The minimum atomic E-state index is -4.76. The molecular formula is C31H37F6N5O3. The van der Waals surface area contributed by atoms with Gasteiger partial charge in [0.1, 0.15) is 0 Å². The number of rotatable bonds is 13. The van der Waals surface area contributed by atoms with Crippen molar-refractivity contribution in [1.29, 1.82) is 0 Å². The second-order valence-corrected chi connectivity index (χ2v) is 11.3. The first-order valence-corrected chi connectivity index (χ1v) is 14.5. The lowest BCUT2D eigenvalue weighted by atomic mass is 9.83. The molecule has 0 aromatic heterocycles. The van der Waals surface area contributed by atoms with Crippen molar-refractivity contribution in [2.24, 2.45) is 22.7 Å². The lowest BCUT2D eigenvalue weighted by molar-refractivity contribution is -0.153.